The highest BCUT2D eigenvalue weighted by molar-refractivity contribution is 5.76. The van der Waals surface area contributed by atoms with Crippen molar-refractivity contribution in [3.05, 3.63) is 36.3 Å². The Kier molecular flexibility index (Phi) is 5.95. The van der Waals surface area contributed by atoms with E-state index in [-0.39, 0.29) is 5.82 Å². The number of aromatic nitrogens is 4. The average molecular weight is 438 g/mol. The lowest BCUT2D eigenvalue weighted by atomic mass is 9.91. The Morgan fingerprint density at radius 3 is 2.47 bits per heavy atom. The number of halogens is 1. The van der Waals surface area contributed by atoms with Crippen LogP contribution in [0.3, 0.4) is 0 Å². The van der Waals surface area contributed by atoms with Crippen molar-refractivity contribution in [2.24, 2.45) is 0 Å². The average Bonchev–Trinajstić information content (AvgIpc) is 3.43. The van der Waals surface area contributed by atoms with E-state index in [0.717, 1.165) is 36.8 Å². The van der Waals surface area contributed by atoms with E-state index in [0.29, 0.717) is 35.7 Å². The van der Waals surface area contributed by atoms with Crippen LogP contribution in [0, 0.1) is 5.82 Å². The number of imidazole rings is 1. The summed E-state index contributed by atoms with van der Waals surface area (Å²) < 4.78 is 16.5. The summed E-state index contributed by atoms with van der Waals surface area (Å²) in [5.74, 6) is 0.997. The van der Waals surface area contributed by atoms with Crippen molar-refractivity contribution in [3.8, 4) is 0 Å². The SMILES string of the molecule is CN(C)C1CCC(Nc2ncc3nc(Nc4ccccc4F)n(C4CCCC4)c3n2)CC1. The van der Waals surface area contributed by atoms with Crippen molar-refractivity contribution < 1.29 is 4.39 Å². The minimum atomic E-state index is -0.292. The molecule has 32 heavy (non-hydrogen) atoms. The van der Waals surface area contributed by atoms with Crippen LogP contribution >= 0.6 is 0 Å². The second kappa shape index (κ2) is 9.02. The third-order valence-electron chi connectivity index (χ3n) is 7.00. The fraction of sp³-hybridized carbons (Fsp3) is 0.542. The molecule has 0 spiro atoms. The van der Waals surface area contributed by atoms with Gasteiger partial charge in [0.2, 0.25) is 11.9 Å². The molecule has 0 amide bonds. The number of nitrogens with zero attached hydrogens (tertiary/aromatic N) is 5. The Morgan fingerprint density at radius 1 is 1.00 bits per heavy atom. The maximum Gasteiger partial charge on any atom is 0.224 e. The standard InChI is InChI=1S/C24H32FN7/c1-31(2)17-13-11-16(12-14-17)27-23-26-15-21-22(30-23)32(18-7-3-4-8-18)24(29-21)28-20-10-6-5-9-19(20)25/h5-6,9-10,15-18H,3-4,7-8,11-14H2,1-2H3,(H,28,29)(H,26,27,30). The second-order valence-electron chi connectivity index (χ2n) is 9.36. The fourth-order valence-electron chi connectivity index (χ4n) is 5.16. The quantitative estimate of drug-likeness (QED) is 0.559. The summed E-state index contributed by atoms with van der Waals surface area (Å²) in [6.45, 7) is 0. The molecule has 2 saturated carbocycles. The predicted octanol–water partition coefficient (Wildman–Crippen LogP) is 5.11. The summed E-state index contributed by atoms with van der Waals surface area (Å²) in [4.78, 5) is 16.5. The van der Waals surface area contributed by atoms with E-state index >= 15 is 0 Å². The van der Waals surface area contributed by atoms with Gasteiger partial charge in [-0.25, -0.2) is 14.4 Å². The molecule has 0 saturated heterocycles. The van der Waals surface area contributed by atoms with Crippen molar-refractivity contribution in [2.75, 3.05) is 24.7 Å². The lowest BCUT2D eigenvalue weighted by Crippen LogP contribution is -2.36. The first-order valence-electron chi connectivity index (χ1n) is 11.8. The number of hydrogen-bond acceptors (Lipinski definition) is 6. The van der Waals surface area contributed by atoms with Crippen LogP contribution in [0.25, 0.3) is 11.2 Å². The molecule has 8 heteroatoms. The summed E-state index contributed by atoms with van der Waals surface area (Å²) in [6.07, 6.45) is 10.9. The third kappa shape index (κ3) is 4.28. The largest absolute Gasteiger partial charge is 0.351 e. The van der Waals surface area contributed by atoms with Crippen LogP contribution in [0.2, 0.25) is 0 Å². The van der Waals surface area contributed by atoms with Crippen molar-refractivity contribution in [1.82, 2.24) is 24.4 Å². The monoisotopic (exact) mass is 437 g/mol. The fourth-order valence-corrected chi connectivity index (χ4v) is 5.16. The van der Waals surface area contributed by atoms with E-state index < -0.39 is 0 Å². The number of anilines is 3. The van der Waals surface area contributed by atoms with Gasteiger partial charge in [-0.1, -0.05) is 25.0 Å². The lowest BCUT2D eigenvalue weighted by Gasteiger charge is -2.32. The zero-order valence-electron chi connectivity index (χ0n) is 18.9. The molecule has 2 aliphatic rings. The third-order valence-corrected chi connectivity index (χ3v) is 7.00. The maximum absolute atomic E-state index is 14.3. The number of nitrogens with one attached hydrogen (secondary N) is 2. The Balaban J connectivity index is 1.43. The smallest absolute Gasteiger partial charge is 0.224 e. The van der Waals surface area contributed by atoms with Gasteiger partial charge in [-0.05, 0) is 64.8 Å². The molecule has 5 rings (SSSR count). The van der Waals surface area contributed by atoms with Crippen LogP contribution < -0.4 is 10.6 Å². The molecular formula is C24H32FN7. The number of rotatable bonds is 6. The summed E-state index contributed by atoms with van der Waals surface area (Å²) in [5.41, 5.74) is 1.97. The van der Waals surface area contributed by atoms with E-state index in [2.05, 4.69) is 39.2 Å². The highest BCUT2D eigenvalue weighted by Gasteiger charge is 2.26. The van der Waals surface area contributed by atoms with Gasteiger partial charge in [0.15, 0.2) is 5.65 Å². The second-order valence-corrected chi connectivity index (χ2v) is 9.36. The molecule has 2 aliphatic carbocycles. The first-order valence-corrected chi connectivity index (χ1v) is 11.8. The first-order chi connectivity index (χ1) is 15.6. The zero-order chi connectivity index (χ0) is 22.1. The molecule has 7 nitrogen and oxygen atoms in total. The predicted molar refractivity (Wildman–Crippen MR) is 126 cm³/mol. The van der Waals surface area contributed by atoms with Crippen LogP contribution in [-0.4, -0.2) is 50.6 Å². The van der Waals surface area contributed by atoms with Crippen molar-refractivity contribution in [1.29, 1.82) is 0 Å². The Morgan fingerprint density at radius 2 is 1.75 bits per heavy atom. The van der Waals surface area contributed by atoms with E-state index in [4.69, 9.17) is 9.97 Å². The highest BCUT2D eigenvalue weighted by Crippen LogP contribution is 2.36. The Bertz CT molecular complexity index is 1070. The molecule has 2 fully saturated rings. The van der Waals surface area contributed by atoms with Gasteiger partial charge in [-0.3, -0.25) is 4.57 Å². The van der Waals surface area contributed by atoms with Crippen LogP contribution in [0.1, 0.15) is 57.4 Å². The number of benzene rings is 1. The van der Waals surface area contributed by atoms with Crippen LogP contribution in [0.4, 0.5) is 22.0 Å². The van der Waals surface area contributed by atoms with Crippen molar-refractivity contribution >= 4 is 28.7 Å². The Hall–Kier alpha value is -2.74. The lowest BCUT2D eigenvalue weighted by molar-refractivity contribution is 0.221. The van der Waals surface area contributed by atoms with Gasteiger partial charge in [0.1, 0.15) is 11.3 Å². The summed E-state index contributed by atoms with van der Waals surface area (Å²) in [6, 6.07) is 8.06. The molecule has 2 N–H and O–H groups in total. The van der Waals surface area contributed by atoms with E-state index in [1.54, 1.807) is 18.3 Å². The van der Waals surface area contributed by atoms with Crippen molar-refractivity contribution in [3.63, 3.8) is 0 Å². The van der Waals surface area contributed by atoms with Crippen molar-refractivity contribution in [2.45, 2.75) is 69.5 Å². The molecule has 2 heterocycles. The normalized spacial score (nSPS) is 22.0. The molecule has 0 unspecified atom stereocenters. The van der Waals surface area contributed by atoms with Gasteiger partial charge in [0.25, 0.3) is 0 Å². The minimum Gasteiger partial charge on any atom is -0.351 e. The number of para-hydroxylation sites is 1. The molecule has 0 bridgehead atoms. The number of hydrogen-bond donors (Lipinski definition) is 2. The summed E-state index contributed by atoms with van der Waals surface area (Å²) >= 11 is 0. The Labute approximate surface area is 188 Å². The van der Waals surface area contributed by atoms with Gasteiger partial charge in [0, 0.05) is 18.1 Å². The van der Waals surface area contributed by atoms with Crippen LogP contribution in [0.5, 0.6) is 0 Å². The van der Waals surface area contributed by atoms with Gasteiger partial charge < -0.3 is 15.5 Å². The van der Waals surface area contributed by atoms with Crippen LogP contribution in [0.15, 0.2) is 30.5 Å². The highest BCUT2D eigenvalue weighted by atomic mass is 19.1. The molecule has 1 aromatic carbocycles. The molecule has 0 aliphatic heterocycles. The molecule has 0 atom stereocenters. The van der Waals surface area contributed by atoms with Gasteiger partial charge in [-0.15, -0.1) is 0 Å². The molecule has 3 aromatic rings. The maximum atomic E-state index is 14.3. The van der Waals surface area contributed by atoms with E-state index in [9.17, 15) is 4.39 Å². The molecule has 2 aromatic heterocycles. The molecular weight excluding hydrogens is 405 g/mol. The topological polar surface area (TPSA) is 70.9 Å². The van der Waals surface area contributed by atoms with E-state index in [1.165, 1.54) is 31.7 Å². The van der Waals surface area contributed by atoms with E-state index in [1.807, 2.05) is 6.07 Å². The number of fused-ring (bicyclic) bond motifs is 1. The van der Waals surface area contributed by atoms with Gasteiger partial charge >= 0.3 is 0 Å². The van der Waals surface area contributed by atoms with Gasteiger partial charge in [0.05, 0.1) is 11.9 Å². The molecule has 170 valence electrons. The minimum absolute atomic E-state index is 0.292. The summed E-state index contributed by atoms with van der Waals surface area (Å²) in [5, 5.41) is 6.76. The molecule has 0 radical (unpaired) electrons. The first kappa shape index (κ1) is 21.1. The zero-order valence-corrected chi connectivity index (χ0v) is 18.9. The van der Waals surface area contributed by atoms with Gasteiger partial charge in [-0.2, -0.15) is 4.98 Å². The summed E-state index contributed by atoms with van der Waals surface area (Å²) in [7, 11) is 4.32. The van der Waals surface area contributed by atoms with Crippen LogP contribution in [-0.2, 0) is 0 Å².